The van der Waals surface area contributed by atoms with E-state index < -0.39 is 0 Å². The molecule has 114 valence electrons. The van der Waals surface area contributed by atoms with Gasteiger partial charge in [-0.05, 0) is 45.9 Å². The summed E-state index contributed by atoms with van der Waals surface area (Å²) in [4.78, 5) is 8.18. The summed E-state index contributed by atoms with van der Waals surface area (Å²) in [5, 5.41) is 4.59. The second kappa shape index (κ2) is 7.57. The van der Waals surface area contributed by atoms with Crippen LogP contribution in [0.15, 0.2) is 30.5 Å². The van der Waals surface area contributed by atoms with Crippen molar-refractivity contribution in [2.75, 3.05) is 18.0 Å². The fraction of sp³-hybridized carbons (Fsp3) is 0.471. The Labute approximate surface area is 132 Å². The van der Waals surface area contributed by atoms with Crippen LogP contribution < -0.4 is 10.2 Å². The van der Waals surface area contributed by atoms with E-state index in [2.05, 4.69) is 67.2 Å². The van der Waals surface area contributed by atoms with Crippen LogP contribution in [0.4, 0.5) is 10.8 Å². The molecule has 0 saturated heterocycles. The zero-order chi connectivity index (χ0) is 15.2. The largest absolute Gasteiger partial charge is 0.318 e. The molecule has 0 spiro atoms. The summed E-state index contributed by atoms with van der Waals surface area (Å²) in [6.07, 6.45) is 3.16. The average molecular weight is 303 g/mol. The van der Waals surface area contributed by atoms with Crippen LogP contribution in [0.25, 0.3) is 0 Å². The zero-order valence-electron chi connectivity index (χ0n) is 13.4. The summed E-state index contributed by atoms with van der Waals surface area (Å²) in [6.45, 7) is 10.6. The highest BCUT2D eigenvalue weighted by Crippen LogP contribution is 2.32. The highest BCUT2D eigenvalue weighted by Gasteiger charge is 2.14. The van der Waals surface area contributed by atoms with E-state index in [1.54, 1.807) is 11.3 Å². The first-order chi connectivity index (χ1) is 10.2. The minimum absolute atomic E-state index is 0.368. The minimum atomic E-state index is 0.368. The number of nitrogens with zero attached hydrogens (tertiary/aromatic N) is 2. The van der Waals surface area contributed by atoms with Crippen LogP contribution in [-0.4, -0.2) is 18.1 Å². The molecular formula is C17H25N3S. The maximum atomic E-state index is 4.62. The lowest BCUT2D eigenvalue weighted by molar-refractivity contribution is 0.577. The fourth-order valence-corrected chi connectivity index (χ4v) is 3.24. The van der Waals surface area contributed by atoms with E-state index >= 15 is 0 Å². The first-order valence-electron chi connectivity index (χ1n) is 7.69. The van der Waals surface area contributed by atoms with Gasteiger partial charge in [-0.3, -0.25) is 0 Å². The van der Waals surface area contributed by atoms with Gasteiger partial charge in [-0.2, -0.15) is 0 Å². The van der Waals surface area contributed by atoms with Gasteiger partial charge in [-0.25, -0.2) is 4.98 Å². The lowest BCUT2D eigenvalue weighted by Gasteiger charge is -2.20. The lowest BCUT2D eigenvalue weighted by Crippen LogP contribution is -2.18. The van der Waals surface area contributed by atoms with Crippen LogP contribution in [0, 0.1) is 6.92 Å². The molecule has 3 nitrogen and oxygen atoms in total. The molecule has 1 aromatic carbocycles. The molecule has 0 aliphatic carbocycles. The Bertz CT molecular complexity index is 547. The number of hydrogen-bond donors (Lipinski definition) is 1. The Morgan fingerprint density at radius 3 is 2.57 bits per heavy atom. The third-order valence-electron chi connectivity index (χ3n) is 3.53. The molecule has 1 N–H and O–H groups in total. The summed E-state index contributed by atoms with van der Waals surface area (Å²) in [6, 6.07) is 9.00. The number of nitrogens with one attached hydrogen (secondary N) is 1. The van der Waals surface area contributed by atoms with Gasteiger partial charge in [0, 0.05) is 29.3 Å². The molecule has 1 unspecified atom stereocenters. The molecule has 4 heteroatoms. The lowest BCUT2D eigenvalue weighted by atomic mass is 10.2. The second-order valence-electron chi connectivity index (χ2n) is 5.30. The Morgan fingerprint density at radius 2 is 1.95 bits per heavy atom. The minimum Gasteiger partial charge on any atom is -0.318 e. The number of anilines is 2. The average Bonchev–Trinajstić information content (AvgIpc) is 2.97. The van der Waals surface area contributed by atoms with Crippen molar-refractivity contribution in [1.82, 2.24) is 10.3 Å². The van der Waals surface area contributed by atoms with E-state index in [1.165, 1.54) is 16.1 Å². The predicted octanol–water partition coefficient (Wildman–Crippen LogP) is 4.67. The van der Waals surface area contributed by atoms with Crippen molar-refractivity contribution >= 4 is 22.2 Å². The molecule has 0 fully saturated rings. The van der Waals surface area contributed by atoms with Gasteiger partial charge in [0.05, 0.1) is 0 Å². The van der Waals surface area contributed by atoms with Crippen molar-refractivity contribution in [3.05, 3.63) is 40.9 Å². The third kappa shape index (κ3) is 4.05. The highest BCUT2D eigenvalue weighted by molar-refractivity contribution is 7.15. The SMILES string of the molecule is CCCNC(C)c1cnc(N(CC)c2ccc(C)cc2)s1. The van der Waals surface area contributed by atoms with Gasteiger partial charge in [-0.1, -0.05) is 36.0 Å². The maximum Gasteiger partial charge on any atom is 0.190 e. The van der Waals surface area contributed by atoms with Crippen molar-refractivity contribution < 1.29 is 0 Å². The second-order valence-corrected chi connectivity index (χ2v) is 6.34. The molecule has 0 radical (unpaired) electrons. The molecule has 2 rings (SSSR count). The van der Waals surface area contributed by atoms with Gasteiger partial charge < -0.3 is 10.2 Å². The number of aryl methyl sites for hydroxylation is 1. The van der Waals surface area contributed by atoms with Crippen molar-refractivity contribution in [1.29, 1.82) is 0 Å². The standard InChI is InChI=1S/C17H25N3S/c1-5-11-18-14(4)16-12-19-17(21-16)20(6-2)15-9-7-13(3)8-10-15/h7-10,12,14,18H,5-6,11H2,1-4H3. The quantitative estimate of drug-likeness (QED) is 0.805. The van der Waals surface area contributed by atoms with Gasteiger partial charge >= 0.3 is 0 Å². The van der Waals surface area contributed by atoms with Crippen molar-refractivity contribution in [3.63, 3.8) is 0 Å². The van der Waals surface area contributed by atoms with E-state index in [0.717, 1.165) is 24.6 Å². The predicted molar refractivity (Wildman–Crippen MR) is 92.7 cm³/mol. The van der Waals surface area contributed by atoms with E-state index in [9.17, 15) is 0 Å². The molecule has 21 heavy (non-hydrogen) atoms. The first kappa shape index (κ1) is 16.0. The third-order valence-corrected chi connectivity index (χ3v) is 4.73. The van der Waals surface area contributed by atoms with E-state index in [4.69, 9.17) is 0 Å². The molecule has 1 atom stereocenters. The Hall–Kier alpha value is -1.39. The number of aromatic nitrogens is 1. The molecule has 2 aromatic rings. The molecule has 0 amide bonds. The van der Waals surface area contributed by atoms with Gasteiger partial charge in [0.25, 0.3) is 0 Å². The van der Waals surface area contributed by atoms with Crippen LogP contribution in [0.5, 0.6) is 0 Å². The molecular weight excluding hydrogens is 278 g/mol. The topological polar surface area (TPSA) is 28.2 Å². The van der Waals surface area contributed by atoms with Gasteiger partial charge in [0.15, 0.2) is 5.13 Å². The molecule has 0 bridgehead atoms. The number of rotatable bonds is 7. The van der Waals surface area contributed by atoms with Gasteiger partial charge in [0.2, 0.25) is 0 Å². The highest BCUT2D eigenvalue weighted by atomic mass is 32.1. The Balaban J connectivity index is 2.16. The van der Waals surface area contributed by atoms with Crippen LogP contribution >= 0.6 is 11.3 Å². The number of benzene rings is 1. The monoisotopic (exact) mass is 303 g/mol. The summed E-state index contributed by atoms with van der Waals surface area (Å²) in [5.41, 5.74) is 2.49. The Kier molecular flexibility index (Phi) is 5.76. The van der Waals surface area contributed by atoms with Crippen molar-refractivity contribution in [3.8, 4) is 0 Å². The molecule has 0 aliphatic rings. The summed E-state index contributed by atoms with van der Waals surface area (Å²) in [7, 11) is 0. The number of hydrogen-bond acceptors (Lipinski definition) is 4. The number of thiazole rings is 1. The van der Waals surface area contributed by atoms with E-state index in [1.807, 2.05) is 6.20 Å². The first-order valence-corrected chi connectivity index (χ1v) is 8.50. The van der Waals surface area contributed by atoms with E-state index in [0.29, 0.717) is 6.04 Å². The van der Waals surface area contributed by atoms with Crippen LogP contribution in [0.1, 0.15) is 43.7 Å². The molecule has 1 heterocycles. The Morgan fingerprint density at radius 1 is 1.24 bits per heavy atom. The van der Waals surface area contributed by atoms with E-state index in [-0.39, 0.29) is 0 Å². The summed E-state index contributed by atoms with van der Waals surface area (Å²) < 4.78 is 0. The summed E-state index contributed by atoms with van der Waals surface area (Å²) in [5.74, 6) is 0. The molecule has 0 aliphatic heterocycles. The smallest absolute Gasteiger partial charge is 0.190 e. The van der Waals surface area contributed by atoms with Crippen LogP contribution in [0.3, 0.4) is 0 Å². The zero-order valence-corrected chi connectivity index (χ0v) is 14.2. The van der Waals surface area contributed by atoms with Crippen LogP contribution in [0.2, 0.25) is 0 Å². The fourth-order valence-electron chi connectivity index (χ4n) is 2.22. The molecule has 0 saturated carbocycles. The van der Waals surface area contributed by atoms with Crippen molar-refractivity contribution in [2.24, 2.45) is 0 Å². The van der Waals surface area contributed by atoms with Crippen LogP contribution in [-0.2, 0) is 0 Å². The normalized spacial score (nSPS) is 12.4. The summed E-state index contributed by atoms with van der Waals surface area (Å²) >= 11 is 1.78. The maximum absolute atomic E-state index is 4.62. The van der Waals surface area contributed by atoms with Gasteiger partial charge in [0.1, 0.15) is 0 Å². The van der Waals surface area contributed by atoms with Crippen molar-refractivity contribution in [2.45, 2.75) is 40.2 Å². The molecule has 1 aromatic heterocycles. The van der Waals surface area contributed by atoms with Gasteiger partial charge in [-0.15, -0.1) is 0 Å².